The van der Waals surface area contributed by atoms with Gasteiger partial charge >= 0.3 is 5.97 Å². The summed E-state index contributed by atoms with van der Waals surface area (Å²) in [6.45, 7) is 0. The Labute approximate surface area is 185 Å². The summed E-state index contributed by atoms with van der Waals surface area (Å²) in [6, 6.07) is 9.45. The van der Waals surface area contributed by atoms with E-state index in [4.69, 9.17) is 32.4 Å². The van der Waals surface area contributed by atoms with Gasteiger partial charge < -0.3 is 19.2 Å². The third-order valence-corrected chi connectivity index (χ3v) is 5.17. The first-order valence-electron chi connectivity index (χ1n) is 8.39. The van der Waals surface area contributed by atoms with E-state index in [1.165, 1.54) is 32.4 Å². The Balaban J connectivity index is 1.65. The number of carbonyl (C=O) groups is 2. The summed E-state index contributed by atoms with van der Waals surface area (Å²) in [7, 11) is 2.78. The van der Waals surface area contributed by atoms with Gasteiger partial charge in [0.15, 0.2) is 0 Å². The fraction of sp³-hybridized carbons (Fsp3) is 0.158. The molecule has 30 heavy (non-hydrogen) atoms. The molecule has 0 aliphatic rings. The van der Waals surface area contributed by atoms with Crippen molar-refractivity contribution in [2.45, 2.75) is 5.22 Å². The van der Waals surface area contributed by atoms with Crippen LogP contribution in [0.5, 0.6) is 5.75 Å². The van der Waals surface area contributed by atoms with Crippen molar-refractivity contribution in [3.05, 3.63) is 52.0 Å². The van der Waals surface area contributed by atoms with Gasteiger partial charge in [-0.1, -0.05) is 35.0 Å². The Kier molecular flexibility index (Phi) is 7.20. The third kappa shape index (κ3) is 5.24. The minimum absolute atomic E-state index is 0.0207. The zero-order valence-electron chi connectivity index (χ0n) is 15.8. The molecule has 0 atom stereocenters. The number of carbonyl (C=O) groups excluding carboxylic acids is 2. The molecular weight excluding hydrogens is 453 g/mol. The Hall–Kier alpha value is -2.75. The first-order valence-corrected chi connectivity index (χ1v) is 10.1. The van der Waals surface area contributed by atoms with Crippen LogP contribution in [0.2, 0.25) is 10.0 Å². The monoisotopic (exact) mass is 467 g/mol. The van der Waals surface area contributed by atoms with E-state index in [0.29, 0.717) is 22.0 Å². The van der Waals surface area contributed by atoms with Gasteiger partial charge in [0.1, 0.15) is 5.75 Å². The maximum atomic E-state index is 12.3. The first-order chi connectivity index (χ1) is 14.4. The molecule has 11 heteroatoms. The zero-order chi connectivity index (χ0) is 21.7. The topological polar surface area (TPSA) is 104 Å². The molecule has 1 heterocycles. The number of anilines is 1. The Morgan fingerprint density at radius 3 is 2.67 bits per heavy atom. The number of aromatic nitrogens is 2. The standard InChI is InChI=1S/C19H15Cl2N3O5S/c1-27-15-6-4-11(20)8-12(15)17-23-24-19(29-17)30-9-16(25)22-14-7-10(18(26)28-2)3-5-13(14)21/h3-8H,9H2,1-2H3,(H,22,25). The summed E-state index contributed by atoms with van der Waals surface area (Å²) in [5, 5.41) is 11.5. The summed E-state index contributed by atoms with van der Waals surface area (Å²) >= 11 is 13.1. The van der Waals surface area contributed by atoms with Crippen molar-refractivity contribution in [2.24, 2.45) is 0 Å². The molecule has 0 saturated heterocycles. The van der Waals surface area contributed by atoms with Gasteiger partial charge in [-0.2, -0.15) is 0 Å². The maximum absolute atomic E-state index is 12.3. The van der Waals surface area contributed by atoms with E-state index in [2.05, 4.69) is 20.3 Å². The van der Waals surface area contributed by atoms with Crippen molar-refractivity contribution in [1.29, 1.82) is 0 Å². The van der Waals surface area contributed by atoms with Gasteiger partial charge in [0.05, 0.1) is 41.8 Å². The van der Waals surface area contributed by atoms with Crippen LogP contribution < -0.4 is 10.1 Å². The average Bonchev–Trinajstić information content (AvgIpc) is 3.22. The lowest BCUT2D eigenvalue weighted by atomic mass is 10.2. The highest BCUT2D eigenvalue weighted by atomic mass is 35.5. The van der Waals surface area contributed by atoms with Crippen molar-refractivity contribution in [3.63, 3.8) is 0 Å². The van der Waals surface area contributed by atoms with E-state index in [1.807, 2.05) is 0 Å². The number of methoxy groups -OCH3 is 2. The molecule has 1 amide bonds. The van der Waals surface area contributed by atoms with Crippen LogP contribution in [0.4, 0.5) is 5.69 Å². The number of amides is 1. The quantitative estimate of drug-likeness (QED) is 0.397. The number of nitrogens with zero attached hydrogens (tertiary/aromatic N) is 2. The second-order valence-electron chi connectivity index (χ2n) is 5.74. The highest BCUT2D eigenvalue weighted by Crippen LogP contribution is 2.33. The molecule has 0 unspecified atom stereocenters. The van der Waals surface area contributed by atoms with Gasteiger partial charge in [0.25, 0.3) is 11.1 Å². The summed E-state index contributed by atoms with van der Waals surface area (Å²) < 4.78 is 15.5. The number of halogens is 2. The third-order valence-electron chi connectivity index (χ3n) is 3.79. The Bertz CT molecular complexity index is 1090. The van der Waals surface area contributed by atoms with Crippen LogP contribution >= 0.6 is 35.0 Å². The van der Waals surface area contributed by atoms with Crippen LogP contribution in [0.15, 0.2) is 46.0 Å². The summed E-state index contributed by atoms with van der Waals surface area (Å²) in [5.41, 5.74) is 1.10. The van der Waals surface area contributed by atoms with E-state index in [9.17, 15) is 9.59 Å². The van der Waals surface area contributed by atoms with E-state index in [1.54, 1.807) is 18.2 Å². The van der Waals surface area contributed by atoms with Crippen molar-refractivity contribution in [1.82, 2.24) is 10.2 Å². The van der Waals surface area contributed by atoms with Gasteiger partial charge in [0.2, 0.25) is 5.91 Å². The molecule has 3 aromatic rings. The normalized spacial score (nSPS) is 10.5. The molecule has 156 valence electrons. The van der Waals surface area contributed by atoms with E-state index >= 15 is 0 Å². The summed E-state index contributed by atoms with van der Waals surface area (Å²) in [5.74, 6) is -0.188. The number of rotatable bonds is 7. The molecule has 0 spiro atoms. The molecule has 0 aliphatic carbocycles. The molecule has 1 N–H and O–H groups in total. The Morgan fingerprint density at radius 1 is 1.13 bits per heavy atom. The number of hydrogen-bond acceptors (Lipinski definition) is 8. The molecule has 0 radical (unpaired) electrons. The van der Waals surface area contributed by atoms with Gasteiger partial charge in [-0.05, 0) is 36.4 Å². The van der Waals surface area contributed by atoms with Crippen LogP contribution in [-0.4, -0.2) is 42.0 Å². The molecular formula is C19H15Cl2N3O5S. The predicted molar refractivity (Wildman–Crippen MR) is 113 cm³/mol. The lowest BCUT2D eigenvalue weighted by Crippen LogP contribution is -2.15. The molecule has 1 aromatic heterocycles. The lowest BCUT2D eigenvalue weighted by molar-refractivity contribution is -0.113. The van der Waals surface area contributed by atoms with Crippen molar-refractivity contribution in [3.8, 4) is 17.2 Å². The van der Waals surface area contributed by atoms with Gasteiger partial charge in [-0.25, -0.2) is 4.79 Å². The van der Waals surface area contributed by atoms with Gasteiger partial charge in [-0.15, -0.1) is 10.2 Å². The molecule has 2 aromatic carbocycles. The van der Waals surface area contributed by atoms with E-state index in [0.717, 1.165) is 11.8 Å². The number of ether oxygens (including phenoxy) is 2. The van der Waals surface area contributed by atoms with Crippen molar-refractivity contribution >= 4 is 52.5 Å². The minimum Gasteiger partial charge on any atom is -0.496 e. The van der Waals surface area contributed by atoms with Crippen molar-refractivity contribution in [2.75, 3.05) is 25.3 Å². The number of esters is 1. The number of hydrogen-bond donors (Lipinski definition) is 1. The molecule has 0 bridgehead atoms. The van der Waals surface area contributed by atoms with Crippen LogP contribution in [0.3, 0.4) is 0 Å². The molecule has 3 rings (SSSR count). The molecule has 0 aliphatic heterocycles. The Morgan fingerprint density at radius 2 is 1.93 bits per heavy atom. The van der Waals surface area contributed by atoms with Crippen molar-refractivity contribution < 1.29 is 23.5 Å². The molecule has 0 saturated carbocycles. The van der Waals surface area contributed by atoms with Gasteiger partial charge in [0, 0.05) is 5.02 Å². The van der Waals surface area contributed by atoms with Gasteiger partial charge in [-0.3, -0.25) is 4.79 Å². The molecule has 8 nitrogen and oxygen atoms in total. The number of nitrogens with one attached hydrogen (secondary N) is 1. The fourth-order valence-corrected chi connectivity index (χ4v) is 3.30. The smallest absolute Gasteiger partial charge is 0.337 e. The van der Waals surface area contributed by atoms with Crippen LogP contribution in [0, 0.1) is 0 Å². The van der Waals surface area contributed by atoms with Crippen LogP contribution in [0.1, 0.15) is 10.4 Å². The van der Waals surface area contributed by atoms with Crippen LogP contribution in [0.25, 0.3) is 11.5 Å². The zero-order valence-corrected chi connectivity index (χ0v) is 18.1. The van der Waals surface area contributed by atoms with Crippen LogP contribution in [-0.2, 0) is 9.53 Å². The van der Waals surface area contributed by atoms with E-state index < -0.39 is 5.97 Å². The first kappa shape index (κ1) is 21.9. The predicted octanol–water partition coefficient (Wildman–Crippen LogP) is 4.57. The number of benzene rings is 2. The summed E-state index contributed by atoms with van der Waals surface area (Å²) in [4.78, 5) is 23.9. The SMILES string of the molecule is COC(=O)c1ccc(Cl)c(NC(=O)CSc2nnc(-c3cc(Cl)ccc3OC)o2)c1. The van der Waals surface area contributed by atoms with E-state index in [-0.39, 0.29) is 33.4 Å². The lowest BCUT2D eigenvalue weighted by Gasteiger charge is -2.08. The highest BCUT2D eigenvalue weighted by Gasteiger charge is 2.16. The molecule has 0 fully saturated rings. The second kappa shape index (κ2) is 9.84. The summed E-state index contributed by atoms with van der Waals surface area (Å²) in [6.07, 6.45) is 0. The maximum Gasteiger partial charge on any atom is 0.337 e. The minimum atomic E-state index is -0.536. The number of thioether (sulfide) groups is 1. The second-order valence-corrected chi connectivity index (χ2v) is 7.51. The fourth-order valence-electron chi connectivity index (χ4n) is 2.40. The highest BCUT2D eigenvalue weighted by molar-refractivity contribution is 7.99. The largest absolute Gasteiger partial charge is 0.496 e. The average molecular weight is 468 g/mol.